The lowest BCUT2D eigenvalue weighted by atomic mass is 10.3. The molecule has 0 heterocycles. The van der Waals surface area contributed by atoms with Crippen molar-refractivity contribution in [2.75, 3.05) is 10.5 Å². The second kappa shape index (κ2) is 5.99. The molecule has 0 amide bonds. The average molecular weight is 362 g/mol. The summed E-state index contributed by atoms with van der Waals surface area (Å²) in [6, 6.07) is 7.06. The van der Waals surface area contributed by atoms with E-state index in [9.17, 15) is 18.5 Å². The van der Waals surface area contributed by atoms with Gasteiger partial charge in [0.25, 0.3) is 15.7 Å². The lowest BCUT2D eigenvalue weighted by molar-refractivity contribution is -0.384. The molecule has 116 valence electrons. The molecule has 0 aromatic heterocycles. The summed E-state index contributed by atoms with van der Waals surface area (Å²) in [7, 11) is -3.93. The van der Waals surface area contributed by atoms with Gasteiger partial charge in [-0.15, -0.1) is 0 Å². The van der Waals surface area contributed by atoms with Crippen LogP contribution in [0.2, 0.25) is 10.0 Å². The van der Waals surface area contributed by atoms with E-state index in [0.29, 0.717) is 0 Å². The Kier molecular flexibility index (Phi) is 4.45. The Hall–Kier alpha value is -2.03. The van der Waals surface area contributed by atoms with Crippen LogP contribution in [0.3, 0.4) is 0 Å². The first-order valence-electron chi connectivity index (χ1n) is 5.72. The van der Waals surface area contributed by atoms with Gasteiger partial charge in [0.05, 0.1) is 31.2 Å². The summed E-state index contributed by atoms with van der Waals surface area (Å²) in [6.07, 6.45) is 0. The standard InChI is InChI=1S/C12H9Cl2N3O4S/c13-10-5-7(6-11(14)12(10)15)16-22(20,21)9-3-1-8(2-4-9)17(18)19/h1-6,16H,15H2. The predicted molar refractivity (Wildman–Crippen MR) is 84.8 cm³/mol. The molecule has 10 heteroatoms. The average Bonchev–Trinajstić information content (AvgIpc) is 2.44. The number of benzene rings is 2. The minimum absolute atomic E-state index is 0.105. The van der Waals surface area contributed by atoms with Gasteiger partial charge in [-0.05, 0) is 24.3 Å². The van der Waals surface area contributed by atoms with Crippen LogP contribution in [-0.4, -0.2) is 13.3 Å². The Bertz CT molecular complexity index is 815. The second-order valence-corrected chi connectivity index (χ2v) is 6.71. The van der Waals surface area contributed by atoms with Gasteiger partial charge in [0, 0.05) is 12.1 Å². The van der Waals surface area contributed by atoms with Gasteiger partial charge in [-0.1, -0.05) is 23.2 Å². The van der Waals surface area contributed by atoms with Crippen LogP contribution in [0.25, 0.3) is 0 Å². The summed E-state index contributed by atoms with van der Waals surface area (Å²) in [4.78, 5) is 9.80. The van der Waals surface area contributed by atoms with E-state index in [1.807, 2.05) is 0 Å². The zero-order valence-corrected chi connectivity index (χ0v) is 13.1. The zero-order chi connectivity index (χ0) is 16.5. The van der Waals surface area contributed by atoms with Crippen LogP contribution in [0.1, 0.15) is 0 Å². The lowest BCUT2D eigenvalue weighted by Gasteiger charge is -2.10. The molecule has 2 rings (SSSR count). The highest BCUT2D eigenvalue weighted by atomic mass is 35.5. The van der Waals surface area contributed by atoms with Crippen molar-refractivity contribution in [2.45, 2.75) is 4.90 Å². The van der Waals surface area contributed by atoms with Crippen molar-refractivity contribution in [3.63, 3.8) is 0 Å². The molecule has 2 aromatic rings. The molecule has 0 aliphatic carbocycles. The molecule has 22 heavy (non-hydrogen) atoms. The molecule has 0 saturated heterocycles. The minimum atomic E-state index is -3.93. The third kappa shape index (κ3) is 3.41. The van der Waals surface area contributed by atoms with Gasteiger partial charge >= 0.3 is 0 Å². The van der Waals surface area contributed by atoms with Crippen molar-refractivity contribution in [2.24, 2.45) is 0 Å². The first kappa shape index (κ1) is 16.3. The molecule has 0 atom stereocenters. The molecule has 0 saturated carbocycles. The normalized spacial score (nSPS) is 11.2. The van der Waals surface area contributed by atoms with Gasteiger partial charge in [-0.3, -0.25) is 14.8 Å². The summed E-state index contributed by atoms with van der Waals surface area (Å²) in [5, 5.41) is 10.8. The molecule has 0 unspecified atom stereocenters. The maximum Gasteiger partial charge on any atom is 0.269 e. The highest BCUT2D eigenvalue weighted by Crippen LogP contribution is 2.32. The Morgan fingerprint density at radius 2 is 1.59 bits per heavy atom. The number of halogens is 2. The molecule has 0 fully saturated rings. The number of nitrogens with zero attached hydrogens (tertiary/aromatic N) is 1. The van der Waals surface area contributed by atoms with Crippen molar-refractivity contribution in [1.29, 1.82) is 0 Å². The molecule has 7 nitrogen and oxygen atoms in total. The quantitative estimate of drug-likeness (QED) is 0.492. The molecule has 0 radical (unpaired) electrons. The summed E-state index contributed by atoms with van der Waals surface area (Å²) in [5.74, 6) is 0. The summed E-state index contributed by atoms with van der Waals surface area (Å²) < 4.78 is 26.7. The van der Waals surface area contributed by atoms with E-state index in [1.54, 1.807) is 0 Å². The molecule has 3 N–H and O–H groups in total. The van der Waals surface area contributed by atoms with Crippen LogP contribution >= 0.6 is 23.2 Å². The van der Waals surface area contributed by atoms with E-state index in [1.165, 1.54) is 12.1 Å². The number of rotatable bonds is 4. The van der Waals surface area contributed by atoms with Crippen molar-refractivity contribution in [3.05, 3.63) is 56.6 Å². The first-order chi connectivity index (χ1) is 10.2. The lowest BCUT2D eigenvalue weighted by Crippen LogP contribution is -2.13. The zero-order valence-electron chi connectivity index (χ0n) is 10.8. The van der Waals surface area contributed by atoms with E-state index < -0.39 is 14.9 Å². The van der Waals surface area contributed by atoms with Crippen molar-refractivity contribution < 1.29 is 13.3 Å². The number of sulfonamides is 1. The first-order valence-corrected chi connectivity index (χ1v) is 7.96. The number of nitrogen functional groups attached to an aromatic ring is 1. The summed E-state index contributed by atoms with van der Waals surface area (Å²) >= 11 is 11.7. The third-order valence-corrected chi connectivity index (χ3v) is 4.71. The number of nitrogens with two attached hydrogens (primary N) is 1. The number of hydrogen-bond donors (Lipinski definition) is 2. The Morgan fingerprint density at radius 3 is 2.05 bits per heavy atom. The molecular formula is C12H9Cl2N3O4S. The molecular weight excluding hydrogens is 353 g/mol. The Morgan fingerprint density at radius 1 is 1.09 bits per heavy atom. The maximum absolute atomic E-state index is 12.2. The molecule has 0 aliphatic rings. The Labute approximate surface area is 135 Å². The van der Waals surface area contributed by atoms with Gasteiger partial charge in [0.2, 0.25) is 0 Å². The highest BCUT2D eigenvalue weighted by Gasteiger charge is 2.17. The number of non-ortho nitro benzene ring substituents is 1. The van der Waals surface area contributed by atoms with Crippen molar-refractivity contribution in [3.8, 4) is 0 Å². The van der Waals surface area contributed by atoms with Crippen LogP contribution in [0.5, 0.6) is 0 Å². The number of hydrogen-bond acceptors (Lipinski definition) is 5. The molecule has 0 bridgehead atoms. The highest BCUT2D eigenvalue weighted by molar-refractivity contribution is 7.92. The fourth-order valence-electron chi connectivity index (χ4n) is 1.60. The van der Waals surface area contributed by atoms with Crippen LogP contribution < -0.4 is 10.5 Å². The van der Waals surface area contributed by atoms with Gasteiger partial charge in [-0.2, -0.15) is 0 Å². The topological polar surface area (TPSA) is 115 Å². The van der Waals surface area contributed by atoms with Crippen LogP contribution in [-0.2, 0) is 10.0 Å². The van der Waals surface area contributed by atoms with Crippen LogP contribution in [0.4, 0.5) is 17.1 Å². The van der Waals surface area contributed by atoms with E-state index in [0.717, 1.165) is 24.3 Å². The maximum atomic E-state index is 12.2. The van der Waals surface area contributed by atoms with Crippen molar-refractivity contribution >= 4 is 50.3 Å². The number of nitro benzene ring substituents is 1. The fourth-order valence-corrected chi connectivity index (χ4v) is 3.13. The largest absolute Gasteiger partial charge is 0.396 e. The SMILES string of the molecule is Nc1c(Cl)cc(NS(=O)(=O)c2ccc([N+](=O)[O-])cc2)cc1Cl. The number of nitrogens with one attached hydrogen (secondary N) is 1. The number of nitro groups is 1. The minimum Gasteiger partial charge on any atom is -0.396 e. The Balaban J connectivity index is 2.33. The van der Waals surface area contributed by atoms with E-state index in [4.69, 9.17) is 28.9 Å². The fraction of sp³-hybridized carbons (Fsp3) is 0. The molecule has 0 spiro atoms. The third-order valence-electron chi connectivity index (χ3n) is 2.69. The van der Waals surface area contributed by atoms with Gasteiger partial charge < -0.3 is 5.73 Å². The summed E-state index contributed by atoms with van der Waals surface area (Å²) in [5.41, 5.74) is 5.62. The number of anilines is 2. The predicted octanol–water partition coefficient (Wildman–Crippen LogP) is 3.28. The van der Waals surface area contributed by atoms with Gasteiger partial charge in [0.15, 0.2) is 0 Å². The molecule has 2 aromatic carbocycles. The molecule has 0 aliphatic heterocycles. The van der Waals surface area contributed by atoms with Gasteiger partial charge in [-0.25, -0.2) is 8.42 Å². The smallest absolute Gasteiger partial charge is 0.269 e. The monoisotopic (exact) mass is 361 g/mol. The van der Waals surface area contributed by atoms with E-state index >= 15 is 0 Å². The van der Waals surface area contributed by atoms with Gasteiger partial charge in [0.1, 0.15) is 0 Å². The van der Waals surface area contributed by atoms with Crippen LogP contribution in [0, 0.1) is 10.1 Å². The second-order valence-electron chi connectivity index (χ2n) is 4.21. The summed E-state index contributed by atoms with van der Waals surface area (Å²) in [6.45, 7) is 0. The van der Waals surface area contributed by atoms with Crippen molar-refractivity contribution in [1.82, 2.24) is 0 Å². The van der Waals surface area contributed by atoms with E-state index in [2.05, 4.69) is 4.72 Å². The van der Waals surface area contributed by atoms with Crippen LogP contribution in [0.15, 0.2) is 41.3 Å². The van der Waals surface area contributed by atoms with E-state index in [-0.39, 0.29) is 32.0 Å².